The molecule has 0 bridgehead atoms. The van der Waals surface area contributed by atoms with Gasteiger partial charge in [-0.05, 0) is 24.8 Å². The van der Waals surface area contributed by atoms with Crippen LogP contribution in [0.15, 0.2) is 35.3 Å². The van der Waals surface area contributed by atoms with Gasteiger partial charge in [0.1, 0.15) is 0 Å². The molecular weight excluding hydrogens is 479 g/mol. The van der Waals surface area contributed by atoms with E-state index < -0.39 is 0 Å². The number of ether oxygens (including phenoxy) is 2. The van der Waals surface area contributed by atoms with Crippen molar-refractivity contribution in [1.29, 1.82) is 0 Å². The number of guanidine groups is 1. The fraction of sp³-hybridized carbons (Fsp3) is 0.682. The first-order valence-corrected chi connectivity index (χ1v) is 10.5. The third-order valence-corrected chi connectivity index (χ3v) is 5.24. The molecule has 2 N–H and O–H groups in total. The minimum atomic E-state index is 0. The Balaban J connectivity index is 0.00000420. The molecule has 0 saturated carbocycles. The van der Waals surface area contributed by atoms with E-state index in [1.807, 2.05) is 25.2 Å². The number of hydrogen-bond acceptors (Lipinski definition) is 4. The number of aliphatic imine (C=N–C) groups is 1. The Morgan fingerprint density at radius 2 is 1.83 bits per heavy atom. The summed E-state index contributed by atoms with van der Waals surface area (Å²) in [7, 11) is 1.82. The van der Waals surface area contributed by atoms with Gasteiger partial charge in [-0.1, -0.05) is 44.2 Å². The molecule has 6 nitrogen and oxygen atoms in total. The first-order valence-electron chi connectivity index (χ1n) is 10.5. The Morgan fingerprint density at radius 3 is 2.45 bits per heavy atom. The highest BCUT2D eigenvalue weighted by Gasteiger charge is 2.23. The van der Waals surface area contributed by atoms with Crippen molar-refractivity contribution >= 4 is 29.9 Å². The van der Waals surface area contributed by atoms with Gasteiger partial charge in [0.2, 0.25) is 0 Å². The molecule has 0 aromatic heterocycles. The molecule has 2 atom stereocenters. The second kappa shape index (κ2) is 15.0. The van der Waals surface area contributed by atoms with E-state index >= 15 is 0 Å². The molecule has 7 heteroatoms. The van der Waals surface area contributed by atoms with E-state index in [-0.39, 0.29) is 30.1 Å². The third-order valence-electron chi connectivity index (χ3n) is 5.24. The number of halogens is 1. The molecule has 2 rings (SSSR count). The predicted octanol–water partition coefficient (Wildman–Crippen LogP) is 3.29. The minimum Gasteiger partial charge on any atom is -0.379 e. The van der Waals surface area contributed by atoms with Gasteiger partial charge in [0.05, 0.1) is 19.3 Å². The molecule has 0 amide bonds. The molecule has 1 saturated heterocycles. The molecule has 1 fully saturated rings. The van der Waals surface area contributed by atoms with E-state index in [4.69, 9.17) is 9.47 Å². The maximum Gasteiger partial charge on any atom is 0.191 e. The van der Waals surface area contributed by atoms with Crippen molar-refractivity contribution in [2.24, 2.45) is 10.9 Å². The van der Waals surface area contributed by atoms with Crippen molar-refractivity contribution in [3.63, 3.8) is 0 Å². The summed E-state index contributed by atoms with van der Waals surface area (Å²) in [6, 6.07) is 10.8. The van der Waals surface area contributed by atoms with E-state index in [1.165, 1.54) is 5.56 Å². The average Bonchev–Trinajstić information content (AvgIpc) is 2.73. The molecule has 1 aromatic rings. The number of rotatable bonds is 10. The molecule has 2 unspecified atom stereocenters. The van der Waals surface area contributed by atoms with E-state index in [0.717, 1.165) is 58.4 Å². The van der Waals surface area contributed by atoms with E-state index in [9.17, 15) is 0 Å². The lowest BCUT2D eigenvalue weighted by atomic mass is 10.0. The largest absolute Gasteiger partial charge is 0.379 e. The molecule has 0 spiro atoms. The highest BCUT2D eigenvalue weighted by molar-refractivity contribution is 14.0. The van der Waals surface area contributed by atoms with Crippen molar-refractivity contribution in [3.05, 3.63) is 35.9 Å². The van der Waals surface area contributed by atoms with Gasteiger partial charge in [-0.3, -0.25) is 9.89 Å². The van der Waals surface area contributed by atoms with E-state index in [1.54, 1.807) is 0 Å². The summed E-state index contributed by atoms with van der Waals surface area (Å²) in [4.78, 5) is 6.88. The predicted molar refractivity (Wildman–Crippen MR) is 131 cm³/mol. The highest BCUT2D eigenvalue weighted by Crippen LogP contribution is 2.15. The molecule has 1 heterocycles. The Hall–Kier alpha value is -0.900. The molecule has 29 heavy (non-hydrogen) atoms. The van der Waals surface area contributed by atoms with Crippen LogP contribution in [0.5, 0.6) is 0 Å². The Kier molecular flexibility index (Phi) is 13.5. The van der Waals surface area contributed by atoms with Crippen molar-refractivity contribution in [3.8, 4) is 0 Å². The number of hydrogen-bond donors (Lipinski definition) is 2. The van der Waals surface area contributed by atoms with Gasteiger partial charge >= 0.3 is 0 Å². The number of nitrogens with one attached hydrogen (secondary N) is 2. The van der Waals surface area contributed by atoms with Crippen LogP contribution >= 0.6 is 24.0 Å². The van der Waals surface area contributed by atoms with Gasteiger partial charge in [-0.25, -0.2) is 0 Å². The Bertz CT molecular complexity index is 565. The van der Waals surface area contributed by atoms with Gasteiger partial charge in [-0.2, -0.15) is 0 Å². The maximum absolute atomic E-state index is 5.93. The summed E-state index contributed by atoms with van der Waals surface area (Å²) in [5.41, 5.74) is 1.22. The summed E-state index contributed by atoms with van der Waals surface area (Å²) in [5, 5.41) is 6.89. The van der Waals surface area contributed by atoms with Crippen LogP contribution in [0.25, 0.3) is 0 Å². The maximum atomic E-state index is 5.93. The molecule has 0 aliphatic carbocycles. The van der Waals surface area contributed by atoms with E-state index in [0.29, 0.717) is 12.0 Å². The highest BCUT2D eigenvalue weighted by atomic mass is 127. The monoisotopic (exact) mass is 518 g/mol. The van der Waals surface area contributed by atoms with Gasteiger partial charge in [0, 0.05) is 45.9 Å². The molecule has 166 valence electrons. The van der Waals surface area contributed by atoms with Crippen LogP contribution in [0.1, 0.15) is 38.9 Å². The first kappa shape index (κ1) is 26.1. The van der Waals surface area contributed by atoms with Crippen LogP contribution in [0, 0.1) is 5.92 Å². The van der Waals surface area contributed by atoms with E-state index in [2.05, 4.69) is 53.4 Å². The first-order chi connectivity index (χ1) is 13.6. The lowest BCUT2D eigenvalue weighted by molar-refractivity contribution is 0.00752. The zero-order chi connectivity index (χ0) is 20.2. The zero-order valence-corrected chi connectivity index (χ0v) is 20.7. The number of nitrogens with zero attached hydrogens (tertiary/aromatic N) is 2. The second-order valence-electron chi connectivity index (χ2n) is 7.62. The van der Waals surface area contributed by atoms with Crippen LogP contribution in [-0.4, -0.2) is 69.9 Å². The Labute approximate surface area is 193 Å². The fourth-order valence-corrected chi connectivity index (χ4v) is 3.48. The number of morpholine rings is 1. The smallest absolute Gasteiger partial charge is 0.191 e. The van der Waals surface area contributed by atoms with Crippen LogP contribution in [0.4, 0.5) is 0 Å². The van der Waals surface area contributed by atoms with Gasteiger partial charge < -0.3 is 20.1 Å². The van der Waals surface area contributed by atoms with Crippen LogP contribution in [0.3, 0.4) is 0 Å². The summed E-state index contributed by atoms with van der Waals surface area (Å²) in [6.45, 7) is 12.8. The van der Waals surface area contributed by atoms with Crippen LogP contribution in [-0.2, 0) is 9.47 Å². The fourth-order valence-electron chi connectivity index (χ4n) is 3.48. The van der Waals surface area contributed by atoms with Crippen LogP contribution < -0.4 is 10.6 Å². The average molecular weight is 518 g/mol. The molecule has 1 aliphatic rings. The molecule has 0 radical (unpaired) electrons. The third kappa shape index (κ3) is 9.63. The topological polar surface area (TPSA) is 58.1 Å². The summed E-state index contributed by atoms with van der Waals surface area (Å²) in [5.74, 6) is 1.44. The van der Waals surface area contributed by atoms with Gasteiger partial charge in [-0.15, -0.1) is 24.0 Å². The molecular formula is C22H39IN4O2. The lowest BCUT2D eigenvalue weighted by Gasteiger charge is -2.37. The summed E-state index contributed by atoms with van der Waals surface area (Å²) >= 11 is 0. The normalized spacial score (nSPS) is 17.5. The van der Waals surface area contributed by atoms with Crippen molar-refractivity contribution < 1.29 is 9.47 Å². The number of benzene rings is 1. The second-order valence-corrected chi connectivity index (χ2v) is 7.62. The Morgan fingerprint density at radius 1 is 1.14 bits per heavy atom. The van der Waals surface area contributed by atoms with Crippen molar-refractivity contribution in [2.75, 3.05) is 53.0 Å². The van der Waals surface area contributed by atoms with Crippen LogP contribution in [0.2, 0.25) is 0 Å². The van der Waals surface area contributed by atoms with Gasteiger partial charge in [0.25, 0.3) is 0 Å². The standard InChI is InChI=1S/C22H38N4O2.HI/c1-18(2)21(26-12-15-27-16-13-26)17-25-22(23-4)24-11-8-14-28-19(3)20-9-6-5-7-10-20;/h5-7,9-10,18-19,21H,8,11-17H2,1-4H3,(H2,23,24,25);1H. The SMILES string of the molecule is CN=C(NCCCOC(C)c1ccccc1)NCC(C(C)C)N1CCOCC1.I. The lowest BCUT2D eigenvalue weighted by Crippen LogP contribution is -2.52. The minimum absolute atomic E-state index is 0. The quantitative estimate of drug-likeness (QED) is 0.216. The van der Waals surface area contributed by atoms with Crippen molar-refractivity contribution in [1.82, 2.24) is 15.5 Å². The van der Waals surface area contributed by atoms with Gasteiger partial charge in [0.15, 0.2) is 5.96 Å². The van der Waals surface area contributed by atoms with Crippen molar-refractivity contribution in [2.45, 2.75) is 39.3 Å². The summed E-state index contributed by atoms with van der Waals surface area (Å²) in [6.07, 6.45) is 1.06. The molecule has 1 aliphatic heterocycles. The summed E-state index contributed by atoms with van der Waals surface area (Å²) < 4.78 is 11.4. The zero-order valence-electron chi connectivity index (χ0n) is 18.4. The molecule has 1 aromatic carbocycles.